The van der Waals surface area contributed by atoms with Crippen molar-refractivity contribution in [1.82, 2.24) is 9.78 Å². The highest BCUT2D eigenvalue weighted by atomic mass is 19.4. The zero-order valence-corrected chi connectivity index (χ0v) is 9.20. The van der Waals surface area contributed by atoms with Gasteiger partial charge in [-0.3, -0.25) is 4.68 Å². The second-order valence-electron chi connectivity index (χ2n) is 3.63. The molecule has 1 heterocycles. The molecule has 0 unspecified atom stereocenters. The molecule has 1 aromatic carbocycles. The van der Waals surface area contributed by atoms with Crippen molar-refractivity contribution in [2.75, 3.05) is 0 Å². The van der Waals surface area contributed by atoms with Gasteiger partial charge in [0, 0.05) is 18.3 Å². The van der Waals surface area contributed by atoms with E-state index in [2.05, 4.69) is 5.10 Å². The number of halogens is 3. The lowest BCUT2D eigenvalue weighted by Crippen LogP contribution is -2.04. The van der Waals surface area contributed by atoms with E-state index in [9.17, 15) is 13.2 Å². The van der Waals surface area contributed by atoms with E-state index in [-0.39, 0.29) is 0 Å². The zero-order valence-electron chi connectivity index (χ0n) is 9.20. The normalized spacial score (nSPS) is 11.8. The summed E-state index contributed by atoms with van der Waals surface area (Å²) in [5, 5.41) is 4.23. The summed E-state index contributed by atoms with van der Waals surface area (Å²) in [6.07, 6.45) is -2.49. The first-order valence-electron chi connectivity index (χ1n) is 5.22. The monoisotopic (exact) mass is 240 g/mol. The van der Waals surface area contributed by atoms with Crippen LogP contribution in [0.1, 0.15) is 12.5 Å². The molecule has 0 aliphatic rings. The first kappa shape index (κ1) is 11.7. The number of hydrogen-bond donors (Lipinski definition) is 0. The van der Waals surface area contributed by atoms with Crippen LogP contribution in [0.15, 0.2) is 36.5 Å². The number of aromatic nitrogens is 2. The topological polar surface area (TPSA) is 17.8 Å². The molecule has 0 spiro atoms. The van der Waals surface area contributed by atoms with E-state index in [0.717, 1.165) is 18.7 Å². The Balaban J connectivity index is 2.29. The molecule has 0 saturated carbocycles. The minimum atomic E-state index is -4.29. The lowest BCUT2D eigenvalue weighted by Gasteiger charge is -2.06. The Morgan fingerprint density at radius 2 is 1.76 bits per heavy atom. The number of aryl methyl sites for hydroxylation is 1. The molecule has 1 aromatic heterocycles. The van der Waals surface area contributed by atoms with E-state index in [1.54, 1.807) is 16.9 Å². The first-order chi connectivity index (χ1) is 8.00. The first-order valence-corrected chi connectivity index (χ1v) is 5.22. The molecule has 2 aromatic rings. The molecule has 0 radical (unpaired) electrons. The third-order valence-corrected chi connectivity index (χ3v) is 2.47. The smallest absolute Gasteiger partial charge is 0.272 e. The van der Waals surface area contributed by atoms with E-state index in [0.29, 0.717) is 11.3 Å². The van der Waals surface area contributed by atoms with Crippen molar-refractivity contribution < 1.29 is 13.2 Å². The van der Waals surface area contributed by atoms with Crippen molar-refractivity contribution in [3.05, 3.63) is 42.1 Å². The number of hydrogen-bond acceptors (Lipinski definition) is 1. The minimum absolute atomic E-state index is 0.642. The lowest BCUT2D eigenvalue weighted by atomic mass is 10.1. The summed E-state index contributed by atoms with van der Waals surface area (Å²) in [5.74, 6) is 0. The van der Waals surface area contributed by atoms with Crippen molar-refractivity contribution >= 4 is 0 Å². The van der Waals surface area contributed by atoms with Crippen LogP contribution in [0.25, 0.3) is 11.3 Å². The Kier molecular flexibility index (Phi) is 2.92. The molecular weight excluding hydrogens is 229 g/mol. The molecule has 0 aliphatic carbocycles. The third-order valence-electron chi connectivity index (χ3n) is 2.47. The summed E-state index contributed by atoms with van der Waals surface area (Å²) in [4.78, 5) is 0. The summed E-state index contributed by atoms with van der Waals surface area (Å²) in [6.45, 7) is 2.68. The number of alkyl halides is 3. The summed E-state index contributed by atoms with van der Waals surface area (Å²) >= 11 is 0. The predicted octanol–water partition coefficient (Wildman–Crippen LogP) is 3.59. The van der Waals surface area contributed by atoms with E-state index >= 15 is 0 Å². The zero-order chi connectivity index (χ0) is 12.5. The third kappa shape index (κ3) is 2.49. The van der Waals surface area contributed by atoms with Crippen LogP contribution in [0, 0.1) is 0 Å². The molecule has 0 N–H and O–H groups in total. The van der Waals surface area contributed by atoms with Gasteiger partial charge in [0.05, 0.1) is 11.3 Å². The van der Waals surface area contributed by atoms with Crippen molar-refractivity contribution in [1.29, 1.82) is 0 Å². The van der Waals surface area contributed by atoms with Gasteiger partial charge in [-0.25, -0.2) is 0 Å². The van der Waals surface area contributed by atoms with Crippen LogP contribution >= 0.6 is 0 Å². The Hall–Kier alpha value is -1.78. The quantitative estimate of drug-likeness (QED) is 0.784. The molecular formula is C12H11F3N2. The van der Waals surface area contributed by atoms with Gasteiger partial charge < -0.3 is 0 Å². The fraction of sp³-hybridized carbons (Fsp3) is 0.250. The van der Waals surface area contributed by atoms with Crippen molar-refractivity contribution in [3.63, 3.8) is 0 Å². The highest BCUT2D eigenvalue weighted by molar-refractivity contribution is 5.58. The van der Waals surface area contributed by atoms with Gasteiger partial charge in [-0.1, -0.05) is 12.1 Å². The van der Waals surface area contributed by atoms with Gasteiger partial charge in [-0.15, -0.1) is 0 Å². The lowest BCUT2D eigenvalue weighted by molar-refractivity contribution is -0.137. The van der Waals surface area contributed by atoms with Crippen LogP contribution in [-0.2, 0) is 12.7 Å². The molecule has 0 fully saturated rings. The number of nitrogens with zero attached hydrogens (tertiary/aromatic N) is 2. The predicted molar refractivity (Wildman–Crippen MR) is 58.3 cm³/mol. The maximum atomic E-state index is 12.4. The van der Waals surface area contributed by atoms with Gasteiger partial charge in [0.25, 0.3) is 0 Å². The summed E-state index contributed by atoms with van der Waals surface area (Å²) in [6, 6.07) is 6.79. The van der Waals surface area contributed by atoms with Crippen molar-refractivity contribution in [2.24, 2.45) is 0 Å². The average molecular weight is 240 g/mol. The maximum Gasteiger partial charge on any atom is 0.416 e. The Morgan fingerprint density at radius 3 is 2.24 bits per heavy atom. The van der Waals surface area contributed by atoms with Gasteiger partial charge in [0.15, 0.2) is 0 Å². The summed E-state index contributed by atoms with van der Waals surface area (Å²) < 4.78 is 38.8. The van der Waals surface area contributed by atoms with Crippen LogP contribution < -0.4 is 0 Å². The largest absolute Gasteiger partial charge is 0.416 e. The molecule has 17 heavy (non-hydrogen) atoms. The van der Waals surface area contributed by atoms with Gasteiger partial charge in [-0.05, 0) is 25.1 Å². The average Bonchev–Trinajstić information content (AvgIpc) is 2.76. The fourth-order valence-corrected chi connectivity index (χ4v) is 1.52. The van der Waals surface area contributed by atoms with Crippen LogP contribution in [0.3, 0.4) is 0 Å². The molecule has 0 atom stereocenters. The molecule has 0 aliphatic heterocycles. The van der Waals surface area contributed by atoms with Gasteiger partial charge >= 0.3 is 6.18 Å². The Morgan fingerprint density at radius 1 is 1.12 bits per heavy atom. The molecule has 5 heteroatoms. The minimum Gasteiger partial charge on any atom is -0.272 e. The van der Waals surface area contributed by atoms with Gasteiger partial charge in [0.1, 0.15) is 0 Å². The summed E-state index contributed by atoms with van der Waals surface area (Å²) in [5.41, 5.74) is 0.724. The van der Waals surface area contributed by atoms with E-state index < -0.39 is 11.7 Å². The molecule has 0 bridgehead atoms. The highest BCUT2D eigenvalue weighted by Crippen LogP contribution is 2.30. The van der Waals surface area contributed by atoms with Gasteiger partial charge in [0.2, 0.25) is 0 Å². The van der Waals surface area contributed by atoms with E-state index in [4.69, 9.17) is 0 Å². The fourth-order valence-electron chi connectivity index (χ4n) is 1.52. The Bertz CT molecular complexity index is 497. The molecule has 2 nitrogen and oxygen atoms in total. The van der Waals surface area contributed by atoms with Crippen molar-refractivity contribution in [2.45, 2.75) is 19.6 Å². The maximum absolute atomic E-state index is 12.4. The molecule has 2 rings (SSSR count). The van der Waals surface area contributed by atoms with Crippen LogP contribution in [0.2, 0.25) is 0 Å². The van der Waals surface area contributed by atoms with Crippen LogP contribution in [0.4, 0.5) is 13.2 Å². The van der Waals surface area contributed by atoms with Crippen LogP contribution in [-0.4, -0.2) is 9.78 Å². The van der Waals surface area contributed by atoms with Gasteiger partial charge in [-0.2, -0.15) is 18.3 Å². The van der Waals surface area contributed by atoms with Crippen molar-refractivity contribution in [3.8, 4) is 11.3 Å². The number of rotatable bonds is 2. The van der Waals surface area contributed by atoms with E-state index in [1.807, 2.05) is 6.92 Å². The second-order valence-corrected chi connectivity index (χ2v) is 3.63. The highest BCUT2D eigenvalue weighted by Gasteiger charge is 2.29. The molecule has 0 amide bonds. The second kappa shape index (κ2) is 4.24. The SMILES string of the molecule is CCn1ccc(-c2ccc(C(F)(F)F)cc2)n1. The Labute approximate surface area is 96.7 Å². The number of benzene rings is 1. The van der Waals surface area contributed by atoms with E-state index in [1.165, 1.54) is 12.1 Å². The summed E-state index contributed by atoms with van der Waals surface area (Å²) in [7, 11) is 0. The molecule has 90 valence electrons. The standard InChI is InChI=1S/C12H11F3N2/c1-2-17-8-7-11(16-17)9-3-5-10(6-4-9)12(13,14)15/h3-8H,2H2,1H3. The van der Waals surface area contributed by atoms with Crippen LogP contribution in [0.5, 0.6) is 0 Å². The molecule has 0 saturated heterocycles.